The van der Waals surface area contributed by atoms with E-state index in [0.29, 0.717) is 11.3 Å². The van der Waals surface area contributed by atoms with Crippen LogP contribution in [0.5, 0.6) is 5.75 Å². The molecule has 1 heterocycles. The van der Waals surface area contributed by atoms with Gasteiger partial charge in [-0.1, -0.05) is 12.1 Å². The number of carbonyl (C=O) groups excluding carboxylic acids is 2. The van der Waals surface area contributed by atoms with Gasteiger partial charge in [-0.25, -0.2) is 0 Å². The molecule has 0 spiro atoms. The summed E-state index contributed by atoms with van der Waals surface area (Å²) < 4.78 is 5.73. The Balaban J connectivity index is 1.65. The zero-order valence-corrected chi connectivity index (χ0v) is 15.9. The lowest BCUT2D eigenvalue weighted by Crippen LogP contribution is -2.33. The van der Waals surface area contributed by atoms with Crippen LogP contribution in [-0.2, 0) is 4.79 Å². The Morgan fingerprint density at radius 1 is 1.00 bits per heavy atom. The summed E-state index contributed by atoms with van der Waals surface area (Å²) in [4.78, 5) is 26.3. The average molecular weight is 366 g/mol. The molecule has 1 aliphatic heterocycles. The maximum absolute atomic E-state index is 12.6. The van der Waals surface area contributed by atoms with E-state index in [0.717, 1.165) is 24.5 Å². The summed E-state index contributed by atoms with van der Waals surface area (Å²) in [5.41, 5.74) is 2.49. The minimum atomic E-state index is -0.650. The number of para-hydroxylation sites is 2. The quantitative estimate of drug-likeness (QED) is 0.775. The van der Waals surface area contributed by atoms with Crippen molar-refractivity contribution in [3.05, 3.63) is 54.1 Å². The van der Waals surface area contributed by atoms with Crippen molar-refractivity contribution >= 4 is 23.1 Å². The van der Waals surface area contributed by atoms with Crippen molar-refractivity contribution in [1.82, 2.24) is 0 Å². The highest BCUT2D eigenvalue weighted by Gasteiger charge is 2.19. The lowest BCUT2D eigenvalue weighted by molar-refractivity contribution is -0.122. The third-order valence-electron chi connectivity index (χ3n) is 4.80. The van der Waals surface area contributed by atoms with E-state index in [1.165, 1.54) is 26.2 Å². The molecule has 2 aromatic carbocycles. The first kappa shape index (κ1) is 19.0. The fourth-order valence-corrected chi connectivity index (χ4v) is 3.25. The van der Waals surface area contributed by atoms with Crippen LogP contribution in [0.3, 0.4) is 0 Å². The van der Waals surface area contributed by atoms with E-state index >= 15 is 0 Å². The van der Waals surface area contributed by atoms with E-state index in [2.05, 4.69) is 10.2 Å². The predicted octanol–water partition coefficient (Wildman–Crippen LogP) is 4.29. The molecule has 5 heteroatoms. The number of ketones is 1. The standard InChI is InChI=1S/C22H26N2O3/c1-16(25)18-10-12-19(13-11-18)27-17(2)22(26)23-20-8-4-5-9-21(20)24-14-6-3-7-15-24/h4-5,8-13,17H,3,6-7,14-15H2,1-2H3,(H,23,26)/t17-/m0/s1. The molecule has 0 aromatic heterocycles. The third kappa shape index (κ3) is 4.88. The third-order valence-corrected chi connectivity index (χ3v) is 4.80. The summed E-state index contributed by atoms with van der Waals surface area (Å²) in [7, 11) is 0. The zero-order chi connectivity index (χ0) is 19.2. The molecule has 27 heavy (non-hydrogen) atoms. The molecule has 0 aliphatic carbocycles. The molecule has 3 rings (SSSR count). The predicted molar refractivity (Wildman–Crippen MR) is 108 cm³/mol. The van der Waals surface area contributed by atoms with Gasteiger partial charge >= 0.3 is 0 Å². The van der Waals surface area contributed by atoms with Gasteiger partial charge in [-0.05, 0) is 69.5 Å². The average Bonchev–Trinajstić information content (AvgIpc) is 2.69. The number of ether oxygens (including phenoxy) is 1. The monoisotopic (exact) mass is 366 g/mol. The largest absolute Gasteiger partial charge is 0.481 e. The van der Waals surface area contributed by atoms with E-state index in [4.69, 9.17) is 4.74 Å². The molecule has 0 radical (unpaired) electrons. The van der Waals surface area contributed by atoms with Gasteiger partial charge in [0.1, 0.15) is 5.75 Å². The number of rotatable bonds is 6. The van der Waals surface area contributed by atoms with E-state index in [1.54, 1.807) is 31.2 Å². The van der Waals surface area contributed by atoms with E-state index < -0.39 is 6.10 Å². The van der Waals surface area contributed by atoms with Crippen LogP contribution in [0.1, 0.15) is 43.5 Å². The molecule has 1 N–H and O–H groups in total. The molecule has 0 unspecified atom stereocenters. The highest BCUT2D eigenvalue weighted by Crippen LogP contribution is 2.28. The van der Waals surface area contributed by atoms with Gasteiger partial charge in [0.2, 0.25) is 0 Å². The molecule has 1 saturated heterocycles. The van der Waals surface area contributed by atoms with Crippen LogP contribution < -0.4 is 15.0 Å². The number of hydrogen-bond acceptors (Lipinski definition) is 4. The lowest BCUT2D eigenvalue weighted by Gasteiger charge is -2.30. The molecule has 142 valence electrons. The Kier molecular flexibility index (Phi) is 6.12. The minimum Gasteiger partial charge on any atom is -0.481 e. The molecule has 2 aromatic rings. The molecule has 0 bridgehead atoms. The number of benzene rings is 2. The Hall–Kier alpha value is -2.82. The first-order valence-electron chi connectivity index (χ1n) is 9.47. The van der Waals surface area contributed by atoms with Crippen molar-refractivity contribution in [2.45, 2.75) is 39.2 Å². The first-order valence-corrected chi connectivity index (χ1v) is 9.47. The van der Waals surface area contributed by atoms with Crippen LogP contribution in [-0.4, -0.2) is 30.9 Å². The number of anilines is 2. The van der Waals surface area contributed by atoms with Gasteiger partial charge in [-0.3, -0.25) is 9.59 Å². The van der Waals surface area contributed by atoms with Gasteiger partial charge in [0.15, 0.2) is 11.9 Å². The SMILES string of the molecule is CC(=O)c1ccc(O[C@@H](C)C(=O)Nc2ccccc2N2CCCCC2)cc1. The van der Waals surface area contributed by atoms with Crippen molar-refractivity contribution in [3.63, 3.8) is 0 Å². The van der Waals surface area contributed by atoms with Crippen molar-refractivity contribution in [2.75, 3.05) is 23.3 Å². The number of hydrogen-bond donors (Lipinski definition) is 1. The fraction of sp³-hybridized carbons (Fsp3) is 0.364. The van der Waals surface area contributed by atoms with Crippen LogP contribution in [0.2, 0.25) is 0 Å². The van der Waals surface area contributed by atoms with Gasteiger partial charge in [0.25, 0.3) is 5.91 Å². The maximum atomic E-state index is 12.6. The van der Waals surface area contributed by atoms with Crippen molar-refractivity contribution in [3.8, 4) is 5.75 Å². The van der Waals surface area contributed by atoms with E-state index in [-0.39, 0.29) is 11.7 Å². The topological polar surface area (TPSA) is 58.6 Å². The molecular formula is C22H26N2O3. The van der Waals surface area contributed by atoms with Gasteiger partial charge in [0, 0.05) is 18.7 Å². The Bertz CT molecular complexity index is 795. The number of nitrogens with one attached hydrogen (secondary N) is 1. The zero-order valence-electron chi connectivity index (χ0n) is 15.9. The Morgan fingerprint density at radius 3 is 2.33 bits per heavy atom. The van der Waals surface area contributed by atoms with Gasteiger partial charge in [-0.2, -0.15) is 0 Å². The number of amides is 1. The summed E-state index contributed by atoms with van der Waals surface area (Å²) in [5.74, 6) is 0.365. The fourth-order valence-electron chi connectivity index (χ4n) is 3.25. The van der Waals surface area contributed by atoms with Crippen LogP contribution in [0.4, 0.5) is 11.4 Å². The summed E-state index contributed by atoms with van der Waals surface area (Å²) in [6.07, 6.45) is 2.97. The lowest BCUT2D eigenvalue weighted by atomic mass is 10.1. The molecule has 0 saturated carbocycles. The second kappa shape index (κ2) is 8.71. The Labute approximate surface area is 160 Å². The van der Waals surface area contributed by atoms with Gasteiger partial charge in [-0.15, -0.1) is 0 Å². The van der Waals surface area contributed by atoms with Gasteiger partial charge in [0.05, 0.1) is 11.4 Å². The molecule has 1 atom stereocenters. The number of Topliss-reactive ketones (excluding diaryl/α,β-unsaturated/α-hetero) is 1. The van der Waals surface area contributed by atoms with E-state index in [1.807, 2.05) is 24.3 Å². The van der Waals surface area contributed by atoms with Crippen LogP contribution in [0.15, 0.2) is 48.5 Å². The second-order valence-corrected chi connectivity index (χ2v) is 6.89. The molecular weight excluding hydrogens is 340 g/mol. The highest BCUT2D eigenvalue weighted by molar-refractivity contribution is 5.97. The first-order chi connectivity index (χ1) is 13.0. The van der Waals surface area contributed by atoms with Crippen LogP contribution in [0, 0.1) is 0 Å². The highest BCUT2D eigenvalue weighted by atomic mass is 16.5. The van der Waals surface area contributed by atoms with Crippen LogP contribution >= 0.6 is 0 Å². The number of nitrogens with zero attached hydrogens (tertiary/aromatic N) is 1. The van der Waals surface area contributed by atoms with E-state index in [9.17, 15) is 9.59 Å². The summed E-state index contributed by atoms with van der Waals surface area (Å²) in [6, 6.07) is 14.7. The number of carbonyl (C=O) groups is 2. The minimum absolute atomic E-state index is 0.00154. The second-order valence-electron chi connectivity index (χ2n) is 6.89. The maximum Gasteiger partial charge on any atom is 0.265 e. The molecule has 1 amide bonds. The number of piperidine rings is 1. The summed E-state index contributed by atoms with van der Waals surface area (Å²) >= 11 is 0. The summed E-state index contributed by atoms with van der Waals surface area (Å²) in [6.45, 7) is 5.27. The summed E-state index contributed by atoms with van der Waals surface area (Å²) in [5, 5.41) is 3.00. The van der Waals surface area contributed by atoms with Gasteiger partial charge < -0.3 is 15.0 Å². The van der Waals surface area contributed by atoms with Crippen molar-refractivity contribution in [2.24, 2.45) is 0 Å². The smallest absolute Gasteiger partial charge is 0.265 e. The molecule has 1 fully saturated rings. The molecule has 5 nitrogen and oxygen atoms in total. The Morgan fingerprint density at radius 2 is 1.67 bits per heavy atom. The molecule has 1 aliphatic rings. The van der Waals surface area contributed by atoms with Crippen LogP contribution in [0.25, 0.3) is 0 Å². The van der Waals surface area contributed by atoms with Crippen molar-refractivity contribution < 1.29 is 14.3 Å². The normalized spacial score (nSPS) is 15.1. The van der Waals surface area contributed by atoms with Crippen molar-refractivity contribution in [1.29, 1.82) is 0 Å².